The largest absolute Gasteiger partial charge is 0.351 e. The Bertz CT molecular complexity index is 928. The molecule has 0 aliphatic carbocycles. The third-order valence-corrected chi connectivity index (χ3v) is 6.49. The van der Waals surface area contributed by atoms with E-state index >= 15 is 0 Å². The van der Waals surface area contributed by atoms with Gasteiger partial charge < -0.3 is 5.32 Å². The third kappa shape index (κ3) is 4.92. The van der Waals surface area contributed by atoms with Gasteiger partial charge in [-0.25, -0.2) is 17.2 Å². The number of rotatable bonds is 6. The molecule has 1 aliphatic rings. The van der Waals surface area contributed by atoms with E-state index in [1.54, 1.807) is 12.1 Å². The van der Waals surface area contributed by atoms with E-state index in [0.717, 1.165) is 11.6 Å². The van der Waals surface area contributed by atoms with Crippen LogP contribution in [0.25, 0.3) is 0 Å². The summed E-state index contributed by atoms with van der Waals surface area (Å²) in [5, 5.41) is 2.76. The number of hydrogen-bond donors (Lipinski definition) is 1. The van der Waals surface area contributed by atoms with Gasteiger partial charge in [-0.15, -0.1) is 0 Å². The Morgan fingerprint density at radius 3 is 2.25 bits per heavy atom. The number of hydrogen-bond acceptors (Lipinski definition) is 4. The number of piperazine rings is 1. The van der Waals surface area contributed by atoms with Crippen LogP contribution in [-0.2, 0) is 21.4 Å². The molecule has 0 unspecified atom stereocenters. The molecule has 0 saturated carbocycles. The maximum atomic E-state index is 13.8. The molecule has 28 heavy (non-hydrogen) atoms. The maximum Gasteiger partial charge on any atom is 0.246 e. The van der Waals surface area contributed by atoms with Crippen molar-refractivity contribution in [2.24, 2.45) is 0 Å². The molecule has 0 aromatic heterocycles. The van der Waals surface area contributed by atoms with Crippen LogP contribution in [0.5, 0.6) is 0 Å². The smallest absolute Gasteiger partial charge is 0.246 e. The molecule has 0 atom stereocenters. The van der Waals surface area contributed by atoms with Gasteiger partial charge in [-0.3, -0.25) is 9.69 Å². The summed E-state index contributed by atoms with van der Waals surface area (Å²) in [6.45, 7) is 1.54. The Hall–Kier alpha value is -2.36. The number of sulfonamides is 1. The predicted molar refractivity (Wildman–Crippen MR) is 99.8 cm³/mol. The van der Waals surface area contributed by atoms with E-state index in [0.29, 0.717) is 19.6 Å². The van der Waals surface area contributed by atoms with Crippen molar-refractivity contribution >= 4 is 15.9 Å². The molecule has 1 aliphatic heterocycles. The van der Waals surface area contributed by atoms with Crippen LogP contribution in [0.3, 0.4) is 0 Å². The van der Waals surface area contributed by atoms with Crippen LogP contribution in [0.4, 0.5) is 8.78 Å². The van der Waals surface area contributed by atoms with Crippen molar-refractivity contribution < 1.29 is 22.0 Å². The van der Waals surface area contributed by atoms with Crippen LogP contribution in [0.1, 0.15) is 5.56 Å². The van der Waals surface area contributed by atoms with Gasteiger partial charge in [-0.1, -0.05) is 24.3 Å². The zero-order valence-electron chi connectivity index (χ0n) is 15.1. The van der Waals surface area contributed by atoms with Crippen molar-refractivity contribution in [3.8, 4) is 0 Å². The Morgan fingerprint density at radius 1 is 0.964 bits per heavy atom. The van der Waals surface area contributed by atoms with E-state index in [-0.39, 0.29) is 36.3 Å². The van der Waals surface area contributed by atoms with Gasteiger partial charge in [0, 0.05) is 32.7 Å². The highest BCUT2D eigenvalue weighted by molar-refractivity contribution is 7.89. The minimum Gasteiger partial charge on any atom is -0.351 e. The number of nitrogens with one attached hydrogen (secondary N) is 1. The molecule has 2 aromatic rings. The number of carbonyl (C=O) groups excluding carboxylic acids is 1. The summed E-state index contributed by atoms with van der Waals surface area (Å²) in [5.41, 5.74) is 0.788. The molecule has 0 bridgehead atoms. The van der Waals surface area contributed by atoms with Crippen LogP contribution < -0.4 is 5.32 Å². The second-order valence-electron chi connectivity index (χ2n) is 6.51. The fourth-order valence-electron chi connectivity index (χ4n) is 2.98. The average Bonchev–Trinajstić information content (AvgIpc) is 2.68. The summed E-state index contributed by atoms with van der Waals surface area (Å²) < 4.78 is 53.1. The van der Waals surface area contributed by atoms with Crippen LogP contribution in [0.15, 0.2) is 53.4 Å². The van der Waals surface area contributed by atoms with Crippen LogP contribution in [-0.4, -0.2) is 56.3 Å². The van der Waals surface area contributed by atoms with Gasteiger partial charge in [0.25, 0.3) is 0 Å². The zero-order chi connectivity index (χ0) is 20.1. The minimum absolute atomic E-state index is 0.134. The van der Waals surface area contributed by atoms with Crippen LogP contribution in [0.2, 0.25) is 0 Å². The van der Waals surface area contributed by atoms with Crippen molar-refractivity contribution in [3.05, 3.63) is 65.7 Å². The lowest BCUT2D eigenvalue weighted by atomic mass is 10.2. The van der Waals surface area contributed by atoms with Gasteiger partial charge in [0.1, 0.15) is 16.5 Å². The molecular weight excluding hydrogens is 388 g/mol. The van der Waals surface area contributed by atoms with Crippen LogP contribution >= 0.6 is 0 Å². The molecule has 0 radical (unpaired) electrons. The lowest BCUT2D eigenvalue weighted by molar-refractivity contribution is -0.122. The number of amides is 1. The third-order valence-electron chi connectivity index (χ3n) is 4.56. The van der Waals surface area contributed by atoms with Crippen LogP contribution in [0, 0.1) is 11.6 Å². The van der Waals surface area contributed by atoms with Gasteiger partial charge in [0.05, 0.1) is 6.54 Å². The van der Waals surface area contributed by atoms with Crippen molar-refractivity contribution in [3.63, 3.8) is 0 Å². The number of carbonyl (C=O) groups is 1. The summed E-state index contributed by atoms with van der Waals surface area (Å²) >= 11 is 0. The summed E-state index contributed by atoms with van der Waals surface area (Å²) in [5.74, 6) is -1.31. The first-order chi connectivity index (χ1) is 13.4. The fourth-order valence-corrected chi connectivity index (χ4v) is 4.47. The number of benzene rings is 2. The van der Waals surface area contributed by atoms with Gasteiger partial charge in [0.15, 0.2) is 0 Å². The van der Waals surface area contributed by atoms with Crippen molar-refractivity contribution in [1.82, 2.24) is 14.5 Å². The number of nitrogens with zero attached hydrogens (tertiary/aromatic N) is 2. The number of halogens is 2. The molecular formula is C19H21F2N3O3S. The van der Waals surface area contributed by atoms with Crippen molar-refractivity contribution in [2.45, 2.75) is 11.4 Å². The normalized spacial score (nSPS) is 16.1. The van der Waals surface area contributed by atoms with E-state index in [4.69, 9.17) is 0 Å². The summed E-state index contributed by atoms with van der Waals surface area (Å²) in [4.78, 5) is 13.6. The molecule has 3 rings (SSSR count). The molecule has 150 valence electrons. The van der Waals surface area contributed by atoms with E-state index < -0.39 is 15.8 Å². The van der Waals surface area contributed by atoms with Gasteiger partial charge in [-0.05, 0) is 29.8 Å². The summed E-state index contributed by atoms with van der Waals surface area (Å²) in [6, 6.07) is 11.2. The summed E-state index contributed by atoms with van der Waals surface area (Å²) in [6.07, 6.45) is 0. The predicted octanol–water partition coefficient (Wildman–Crippen LogP) is 1.59. The first kappa shape index (κ1) is 20.4. The van der Waals surface area contributed by atoms with Crippen molar-refractivity contribution in [1.29, 1.82) is 0 Å². The molecule has 1 N–H and O–H groups in total. The Balaban J connectivity index is 1.49. The minimum atomic E-state index is -3.89. The molecule has 0 spiro atoms. The maximum absolute atomic E-state index is 13.8. The molecule has 2 aromatic carbocycles. The highest BCUT2D eigenvalue weighted by Gasteiger charge is 2.30. The topological polar surface area (TPSA) is 69.7 Å². The van der Waals surface area contributed by atoms with E-state index in [1.165, 1.54) is 34.6 Å². The second-order valence-corrected chi connectivity index (χ2v) is 8.42. The van der Waals surface area contributed by atoms with Crippen molar-refractivity contribution in [2.75, 3.05) is 32.7 Å². The molecule has 9 heteroatoms. The van der Waals surface area contributed by atoms with Gasteiger partial charge in [0.2, 0.25) is 15.9 Å². The lowest BCUT2D eigenvalue weighted by Crippen LogP contribution is -2.51. The fraction of sp³-hybridized carbons (Fsp3) is 0.316. The molecule has 1 amide bonds. The highest BCUT2D eigenvalue weighted by Crippen LogP contribution is 2.20. The quantitative estimate of drug-likeness (QED) is 0.787. The lowest BCUT2D eigenvalue weighted by Gasteiger charge is -2.33. The standard InChI is InChI=1S/C19H21F2N3O3S/c20-16-7-5-15(6-8-16)13-22-19(25)14-23-9-11-24(12-10-23)28(26,27)18-4-2-1-3-17(18)21/h1-8H,9-14H2,(H,22,25). The van der Waals surface area contributed by atoms with Gasteiger partial charge >= 0.3 is 0 Å². The van der Waals surface area contributed by atoms with E-state index in [1.807, 2.05) is 4.90 Å². The Labute approximate surface area is 162 Å². The summed E-state index contributed by atoms with van der Waals surface area (Å²) in [7, 11) is -3.89. The molecule has 6 nitrogen and oxygen atoms in total. The SMILES string of the molecule is O=C(CN1CCN(S(=O)(=O)c2ccccc2F)CC1)NCc1ccc(F)cc1. The second kappa shape index (κ2) is 8.76. The first-order valence-corrected chi connectivity index (χ1v) is 10.3. The molecule has 1 fully saturated rings. The van der Waals surface area contributed by atoms with Gasteiger partial charge in [-0.2, -0.15) is 4.31 Å². The Morgan fingerprint density at radius 2 is 1.61 bits per heavy atom. The monoisotopic (exact) mass is 409 g/mol. The van der Waals surface area contributed by atoms with E-state index in [9.17, 15) is 22.0 Å². The molecule has 1 heterocycles. The first-order valence-electron chi connectivity index (χ1n) is 8.84. The highest BCUT2D eigenvalue weighted by atomic mass is 32.2. The molecule has 1 saturated heterocycles. The average molecular weight is 409 g/mol. The Kier molecular flexibility index (Phi) is 6.38. The van der Waals surface area contributed by atoms with E-state index in [2.05, 4.69) is 5.32 Å². The zero-order valence-corrected chi connectivity index (χ0v) is 16.0.